The Balaban J connectivity index is 1.34. The molecule has 0 saturated heterocycles. The second-order valence-corrected chi connectivity index (χ2v) is 9.14. The van der Waals surface area contributed by atoms with Crippen LogP contribution in [0.4, 0.5) is 0 Å². The Morgan fingerprint density at radius 3 is 2.28 bits per heavy atom. The van der Waals surface area contributed by atoms with Crippen molar-refractivity contribution in [1.82, 2.24) is 15.2 Å². The van der Waals surface area contributed by atoms with Crippen LogP contribution < -0.4 is 5.32 Å². The zero-order valence-electron chi connectivity index (χ0n) is 17.9. The van der Waals surface area contributed by atoms with Crippen molar-refractivity contribution < 1.29 is 14.0 Å². The number of nitrogens with one attached hydrogen (secondary N) is 1. The molecular formula is C25H24IN3O3. The van der Waals surface area contributed by atoms with Crippen molar-refractivity contribution in [2.24, 2.45) is 0 Å². The van der Waals surface area contributed by atoms with E-state index < -0.39 is 0 Å². The summed E-state index contributed by atoms with van der Waals surface area (Å²) >= 11 is 2.24. The van der Waals surface area contributed by atoms with Gasteiger partial charge in [0.15, 0.2) is 5.69 Å². The number of hydrogen-bond acceptors (Lipinski definition) is 4. The fraction of sp³-hybridized carbons (Fsp3) is 0.240. The Morgan fingerprint density at radius 1 is 1.00 bits per heavy atom. The van der Waals surface area contributed by atoms with Gasteiger partial charge < -0.3 is 14.6 Å². The summed E-state index contributed by atoms with van der Waals surface area (Å²) in [7, 11) is 0. The molecule has 32 heavy (non-hydrogen) atoms. The van der Waals surface area contributed by atoms with Crippen LogP contribution in [-0.2, 0) is 17.8 Å². The Morgan fingerprint density at radius 2 is 1.62 bits per heavy atom. The van der Waals surface area contributed by atoms with E-state index in [0.717, 1.165) is 20.3 Å². The molecule has 0 saturated carbocycles. The smallest absolute Gasteiger partial charge is 0.276 e. The van der Waals surface area contributed by atoms with E-state index in [-0.39, 0.29) is 23.9 Å². The zero-order chi connectivity index (χ0) is 22.7. The first kappa shape index (κ1) is 22.3. The van der Waals surface area contributed by atoms with Gasteiger partial charge in [0.25, 0.3) is 5.91 Å². The van der Waals surface area contributed by atoms with Gasteiger partial charge in [0, 0.05) is 27.8 Å². The fourth-order valence-corrected chi connectivity index (χ4v) is 4.06. The van der Waals surface area contributed by atoms with Crippen LogP contribution in [0.1, 0.15) is 35.5 Å². The highest BCUT2D eigenvalue weighted by molar-refractivity contribution is 14.1. The lowest BCUT2D eigenvalue weighted by Crippen LogP contribution is -2.39. The molecule has 2 heterocycles. The number of aromatic nitrogens is 1. The molecule has 0 aliphatic carbocycles. The molecule has 6 nitrogen and oxygen atoms in total. The third-order valence-electron chi connectivity index (χ3n) is 5.47. The molecule has 0 fully saturated rings. The van der Waals surface area contributed by atoms with Gasteiger partial charge in [-0.15, -0.1) is 0 Å². The molecule has 4 rings (SSSR count). The molecule has 7 heteroatoms. The van der Waals surface area contributed by atoms with Crippen LogP contribution in [0, 0.1) is 3.57 Å². The van der Waals surface area contributed by atoms with Gasteiger partial charge in [0.1, 0.15) is 6.26 Å². The number of nitrogens with zero attached hydrogens (tertiary/aromatic N) is 2. The minimum absolute atomic E-state index is 0.0222. The van der Waals surface area contributed by atoms with Crippen molar-refractivity contribution in [1.29, 1.82) is 0 Å². The third kappa shape index (κ3) is 5.09. The van der Waals surface area contributed by atoms with Crippen LogP contribution in [0.3, 0.4) is 0 Å². The van der Waals surface area contributed by atoms with Crippen molar-refractivity contribution in [3.05, 3.63) is 87.3 Å². The van der Waals surface area contributed by atoms with Gasteiger partial charge in [-0.05, 0) is 71.8 Å². The van der Waals surface area contributed by atoms with Crippen LogP contribution in [0.2, 0.25) is 0 Å². The van der Waals surface area contributed by atoms with Crippen LogP contribution in [0.5, 0.6) is 0 Å². The molecule has 2 aromatic carbocycles. The first-order chi connectivity index (χ1) is 15.4. The fourth-order valence-electron chi connectivity index (χ4n) is 3.70. The number of rotatable bonds is 6. The van der Waals surface area contributed by atoms with E-state index in [0.29, 0.717) is 24.6 Å². The molecule has 1 aliphatic rings. The minimum atomic E-state index is -0.141. The molecule has 1 aliphatic heterocycles. The quantitative estimate of drug-likeness (QED) is 0.366. The van der Waals surface area contributed by atoms with Gasteiger partial charge in [0.05, 0.1) is 6.42 Å². The number of carbonyl (C=O) groups excluding carboxylic acids is 2. The summed E-state index contributed by atoms with van der Waals surface area (Å²) in [5.74, 6) is 0.235. The van der Waals surface area contributed by atoms with Crippen LogP contribution in [0.25, 0.3) is 11.5 Å². The first-order valence-electron chi connectivity index (χ1n) is 10.5. The summed E-state index contributed by atoms with van der Waals surface area (Å²) in [4.78, 5) is 31.2. The highest BCUT2D eigenvalue weighted by atomic mass is 127. The van der Waals surface area contributed by atoms with Crippen LogP contribution >= 0.6 is 22.6 Å². The summed E-state index contributed by atoms with van der Waals surface area (Å²) in [6, 6.07) is 15.6. The molecule has 0 spiro atoms. The van der Waals surface area contributed by atoms with E-state index >= 15 is 0 Å². The molecule has 3 aromatic rings. The van der Waals surface area contributed by atoms with E-state index in [4.69, 9.17) is 4.42 Å². The lowest BCUT2D eigenvalue weighted by Gasteiger charge is -2.25. The number of amides is 2. The van der Waals surface area contributed by atoms with Crippen molar-refractivity contribution in [2.45, 2.75) is 38.9 Å². The molecule has 2 atom stereocenters. The topological polar surface area (TPSA) is 75.4 Å². The van der Waals surface area contributed by atoms with E-state index in [1.54, 1.807) is 4.90 Å². The van der Waals surface area contributed by atoms with Gasteiger partial charge in [-0.3, -0.25) is 9.59 Å². The second kappa shape index (κ2) is 9.68. The molecule has 2 amide bonds. The number of oxazole rings is 1. The maximum atomic E-state index is 12.8. The summed E-state index contributed by atoms with van der Waals surface area (Å²) in [6.07, 6.45) is 5.79. The zero-order valence-corrected chi connectivity index (χ0v) is 20.1. The second-order valence-electron chi connectivity index (χ2n) is 7.89. The van der Waals surface area contributed by atoms with Crippen molar-refractivity contribution in [3.8, 4) is 11.5 Å². The normalized spacial score (nSPS) is 17.5. The standard InChI is InChI=1S/C25H24IN3O3/c1-16-3-4-17(2)29(16)25(31)22-15-32-24(28-22)20-9-5-19(6-10-20)14-27-23(30)13-18-7-11-21(26)12-8-18/h3-12,15-17H,13-14H2,1-2H3,(H,27,30). The van der Waals surface area contributed by atoms with Crippen molar-refractivity contribution in [2.75, 3.05) is 0 Å². The lowest BCUT2D eigenvalue weighted by atomic mass is 10.1. The van der Waals surface area contributed by atoms with Gasteiger partial charge in [-0.2, -0.15) is 0 Å². The number of hydrogen-bond donors (Lipinski definition) is 1. The predicted molar refractivity (Wildman–Crippen MR) is 131 cm³/mol. The van der Waals surface area contributed by atoms with Gasteiger partial charge in [0.2, 0.25) is 11.8 Å². The average Bonchev–Trinajstić information content (AvgIpc) is 3.41. The number of carbonyl (C=O) groups is 2. The molecule has 164 valence electrons. The number of benzene rings is 2. The highest BCUT2D eigenvalue weighted by Crippen LogP contribution is 2.23. The molecule has 1 N–H and O–H groups in total. The Kier molecular flexibility index (Phi) is 6.74. The lowest BCUT2D eigenvalue weighted by molar-refractivity contribution is -0.120. The molecule has 1 aromatic heterocycles. The first-order valence-corrected chi connectivity index (χ1v) is 11.6. The largest absolute Gasteiger partial charge is 0.444 e. The summed E-state index contributed by atoms with van der Waals surface area (Å²) < 4.78 is 6.71. The molecule has 0 radical (unpaired) electrons. The Hall–Kier alpha value is -2.94. The van der Waals surface area contributed by atoms with E-state index in [9.17, 15) is 9.59 Å². The summed E-state index contributed by atoms with van der Waals surface area (Å²) in [5.41, 5.74) is 3.03. The van der Waals surface area contributed by atoms with Crippen molar-refractivity contribution >= 4 is 34.4 Å². The molecule has 2 unspecified atom stereocenters. The Labute approximate surface area is 200 Å². The third-order valence-corrected chi connectivity index (χ3v) is 6.19. The van der Waals surface area contributed by atoms with E-state index in [1.165, 1.54) is 6.26 Å². The van der Waals surface area contributed by atoms with Gasteiger partial charge >= 0.3 is 0 Å². The van der Waals surface area contributed by atoms with Gasteiger partial charge in [-0.1, -0.05) is 36.4 Å². The van der Waals surface area contributed by atoms with E-state index in [2.05, 4.69) is 32.9 Å². The maximum absolute atomic E-state index is 12.8. The average molecular weight is 541 g/mol. The predicted octanol–water partition coefficient (Wildman–Crippen LogP) is 4.59. The van der Waals surface area contributed by atoms with Gasteiger partial charge in [-0.25, -0.2) is 4.98 Å². The van der Waals surface area contributed by atoms with Crippen LogP contribution in [0.15, 0.2) is 71.4 Å². The van der Waals surface area contributed by atoms with Crippen molar-refractivity contribution in [3.63, 3.8) is 0 Å². The number of halogens is 1. The monoisotopic (exact) mass is 541 g/mol. The maximum Gasteiger partial charge on any atom is 0.276 e. The highest BCUT2D eigenvalue weighted by Gasteiger charge is 2.29. The van der Waals surface area contributed by atoms with E-state index in [1.807, 2.05) is 74.5 Å². The minimum Gasteiger partial charge on any atom is -0.444 e. The Bertz CT molecular complexity index is 1120. The summed E-state index contributed by atoms with van der Waals surface area (Å²) in [6.45, 7) is 4.41. The SMILES string of the molecule is CC1C=CC(C)N1C(=O)c1coc(-c2ccc(CNC(=O)Cc3ccc(I)cc3)cc2)n1. The molecular weight excluding hydrogens is 517 g/mol. The molecule has 0 bridgehead atoms. The van der Waals surface area contributed by atoms with Crippen LogP contribution in [-0.4, -0.2) is 33.8 Å². The summed E-state index contributed by atoms with van der Waals surface area (Å²) in [5, 5.41) is 2.94.